The van der Waals surface area contributed by atoms with Gasteiger partial charge in [-0.25, -0.2) is 0 Å². The van der Waals surface area contributed by atoms with E-state index in [4.69, 9.17) is 15.2 Å². The van der Waals surface area contributed by atoms with E-state index in [0.717, 1.165) is 18.0 Å². The summed E-state index contributed by atoms with van der Waals surface area (Å²) in [4.78, 5) is 2.57. The topological polar surface area (TPSA) is 47.7 Å². The maximum atomic E-state index is 6.09. The van der Waals surface area contributed by atoms with Gasteiger partial charge in [0.1, 0.15) is 0 Å². The summed E-state index contributed by atoms with van der Waals surface area (Å²) in [5.74, 6) is 1.54. The normalized spacial score (nSPS) is 16.0. The van der Waals surface area contributed by atoms with E-state index in [0.29, 0.717) is 12.6 Å². The van der Waals surface area contributed by atoms with Crippen LogP contribution in [0.25, 0.3) is 0 Å². The van der Waals surface area contributed by atoms with Gasteiger partial charge in [-0.1, -0.05) is 19.4 Å². The Morgan fingerprint density at radius 1 is 1.24 bits per heavy atom. The van der Waals surface area contributed by atoms with Crippen LogP contribution in [0.2, 0.25) is 0 Å². The van der Waals surface area contributed by atoms with Crippen molar-refractivity contribution in [3.63, 3.8) is 0 Å². The van der Waals surface area contributed by atoms with Crippen LogP contribution in [0.5, 0.6) is 11.5 Å². The molecule has 1 atom stereocenters. The van der Waals surface area contributed by atoms with E-state index >= 15 is 0 Å². The third-order valence-corrected chi connectivity index (χ3v) is 4.20. The number of methoxy groups -OCH3 is 2. The smallest absolute Gasteiger partial charge is 0.161 e. The van der Waals surface area contributed by atoms with Gasteiger partial charge >= 0.3 is 0 Å². The zero-order valence-electron chi connectivity index (χ0n) is 13.5. The lowest BCUT2D eigenvalue weighted by molar-refractivity contribution is 0.188. The van der Waals surface area contributed by atoms with Gasteiger partial charge in [0.05, 0.1) is 14.2 Å². The van der Waals surface area contributed by atoms with Gasteiger partial charge in [0.15, 0.2) is 11.5 Å². The molecule has 1 aromatic rings. The minimum Gasteiger partial charge on any atom is -0.493 e. The Labute approximate surface area is 128 Å². The van der Waals surface area contributed by atoms with Gasteiger partial charge in [-0.3, -0.25) is 4.90 Å². The minimum atomic E-state index is 0.267. The highest BCUT2D eigenvalue weighted by atomic mass is 16.5. The maximum absolute atomic E-state index is 6.09. The van der Waals surface area contributed by atoms with E-state index in [1.54, 1.807) is 14.2 Å². The van der Waals surface area contributed by atoms with Crippen molar-refractivity contribution >= 4 is 0 Å². The first-order valence-corrected chi connectivity index (χ1v) is 7.92. The Hall–Kier alpha value is -1.26. The summed E-state index contributed by atoms with van der Waals surface area (Å²) >= 11 is 0. The summed E-state index contributed by atoms with van der Waals surface area (Å²) in [7, 11) is 3.34. The molecule has 4 nitrogen and oxygen atoms in total. The summed E-state index contributed by atoms with van der Waals surface area (Å²) in [6, 6.07) is 7.13. The van der Waals surface area contributed by atoms with E-state index in [1.807, 2.05) is 6.07 Å². The molecular weight excluding hydrogens is 264 g/mol. The van der Waals surface area contributed by atoms with Crippen molar-refractivity contribution in [2.24, 2.45) is 5.73 Å². The summed E-state index contributed by atoms with van der Waals surface area (Å²) in [5, 5.41) is 0. The van der Waals surface area contributed by atoms with Crippen LogP contribution in [0.1, 0.15) is 44.2 Å². The summed E-state index contributed by atoms with van der Waals surface area (Å²) < 4.78 is 10.7. The molecule has 1 aliphatic carbocycles. The van der Waals surface area contributed by atoms with Crippen molar-refractivity contribution in [1.82, 2.24) is 4.90 Å². The van der Waals surface area contributed by atoms with Gasteiger partial charge in [-0.15, -0.1) is 0 Å². The first-order valence-electron chi connectivity index (χ1n) is 7.92. The highest BCUT2D eigenvalue weighted by Crippen LogP contribution is 2.37. The van der Waals surface area contributed by atoms with Gasteiger partial charge in [0, 0.05) is 18.6 Å². The van der Waals surface area contributed by atoms with E-state index in [-0.39, 0.29) is 6.04 Å². The molecule has 1 unspecified atom stereocenters. The maximum Gasteiger partial charge on any atom is 0.161 e. The molecular formula is C17H28N2O2. The van der Waals surface area contributed by atoms with Gasteiger partial charge < -0.3 is 15.2 Å². The van der Waals surface area contributed by atoms with Crippen LogP contribution < -0.4 is 15.2 Å². The number of nitrogens with two attached hydrogens (primary N) is 1. The highest BCUT2D eigenvalue weighted by Gasteiger charge is 2.33. The number of benzene rings is 1. The zero-order chi connectivity index (χ0) is 15.2. The predicted molar refractivity (Wildman–Crippen MR) is 86.0 cm³/mol. The molecule has 4 heteroatoms. The van der Waals surface area contributed by atoms with Crippen molar-refractivity contribution < 1.29 is 9.47 Å². The van der Waals surface area contributed by atoms with E-state index < -0.39 is 0 Å². The van der Waals surface area contributed by atoms with Gasteiger partial charge in [0.2, 0.25) is 0 Å². The second-order valence-electron chi connectivity index (χ2n) is 5.69. The van der Waals surface area contributed by atoms with Crippen molar-refractivity contribution in [3.8, 4) is 11.5 Å². The van der Waals surface area contributed by atoms with Crippen molar-refractivity contribution in [3.05, 3.63) is 23.8 Å². The van der Waals surface area contributed by atoms with Crippen molar-refractivity contribution in [1.29, 1.82) is 0 Å². The third kappa shape index (κ3) is 3.89. The van der Waals surface area contributed by atoms with Crippen molar-refractivity contribution in [2.45, 2.75) is 44.7 Å². The molecule has 0 heterocycles. The summed E-state index contributed by atoms with van der Waals surface area (Å²) in [6.45, 7) is 3.99. The molecule has 0 bridgehead atoms. The molecule has 2 N–H and O–H groups in total. The lowest BCUT2D eigenvalue weighted by Gasteiger charge is -2.31. The van der Waals surface area contributed by atoms with E-state index in [2.05, 4.69) is 24.0 Å². The number of unbranched alkanes of at least 4 members (excludes halogenated alkanes) is 1. The molecule has 0 amide bonds. The molecule has 2 rings (SSSR count). The largest absolute Gasteiger partial charge is 0.493 e. The average Bonchev–Trinajstić information content (AvgIpc) is 3.35. The molecule has 0 aliphatic heterocycles. The molecule has 0 saturated heterocycles. The molecule has 1 fully saturated rings. The van der Waals surface area contributed by atoms with E-state index in [1.165, 1.54) is 31.2 Å². The Morgan fingerprint density at radius 3 is 2.48 bits per heavy atom. The first-order chi connectivity index (χ1) is 10.2. The molecule has 21 heavy (non-hydrogen) atoms. The second-order valence-corrected chi connectivity index (χ2v) is 5.69. The lowest BCUT2D eigenvalue weighted by atomic mass is 10.0. The molecule has 1 aromatic carbocycles. The van der Waals surface area contributed by atoms with Crippen LogP contribution >= 0.6 is 0 Å². The number of ether oxygens (including phenoxy) is 2. The molecule has 118 valence electrons. The number of nitrogens with zero attached hydrogens (tertiary/aromatic N) is 1. The van der Waals surface area contributed by atoms with Crippen LogP contribution in [-0.4, -0.2) is 38.3 Å². The Balaban J connectivity index is 2.22. The minimum absolute atomic E-state index is 0.267. The SMILES string of the molecule is CCCCN(C1CC1)C(CN)c1ccc(OC)c(OC)c1. The molecule has 0 radical (unpaired) electrons. The summed E-state index contributed by atoms with van der Waals surface area (Å²) in [6.07, 6.45) is 5.04. The quantitative estimate of drug-likeness (QED) is 0.760. The Morgan fingerprint density at radius 2 is 1.95 bits per heavy atom. The molecule has 0 spiro atoms. The van der Waals surface area contributed by atoms with Crippen LogP contribution in [0, 0.1) is 0 Å². The van der Waals surface area contributed by atoms with E-state index in [9.17, 15) is 0 Å². The predicted octanol–water partition coefficient (Wildman–Crippen LogP) is 2.97. The van der Waals surface area contributed by atoms with Gasteiger partial charge in [0.25, 0.3) is 0 Å². The average molecular weight is 292 g/mol. The fraction of sp³-hybridized carbons (Fsp3) is 0.647. The molecule has 1 aliphatic rings. The first kappa shape index (κ1) is 16.1. The van der Waals surface area contributed by atoms with Crippen LogP contribution in [-0.2, 0) is 0 Å². The lowest BCUT2D eigenvalue weighted by Crippen LogP contribution is -2.36. The fourth-order valence-corrected chi connectivity index (χ4v) is 2.86. The Kier molecular flexibility index (Phi) is 5.88. The summed E-state index contributed by atoms with van der Waals surface area (Å²) in [5.41, 5.74) is 7.31. The van der Waals surface area contributed by atoms with Crippen LogP contribution in [0.15, 0.2) is 18.2 Å². The third-order valence-electron chi connectivity index (χ3n) is 4.20. The van der Waals surface area contributed by atoms with Crippen molar-refractivity contribution in [2.75, 3.05) is 27.3 Å². The number of rotatable bonds is 9. The standard InChI is InChI=1S/C17H28N2O2/c1-4-5-10-19(14-7-8-14)15(12-18)13-6-9-16(20-2)17(11-13)21-3/h6,9,11,14-15H,4-5,7-8,10,12,18H2,1-3H3. The highest BCUT2D eigenvalue weighted by molar-refractivity contribution is 5.44. The van der Waals surface area contributed by atoms with Gasteiger partial charge in [-0.2, -0.15) is 0 Å². The monoisotopic (exact) mass is 292 g/mol. The molecule has 0 aromatic heterocycles. The number of hydrogen-bond donors (Lipinski definition) is 1. The fourth-order valence-electron chi connectivity index (χ4n) is 2.86. The molecule has 1 saturated carbocycles. The van der Waals surface area contributed by atoms with Crippen LogP contribution in [0.3, 0.4) is 0 Å². The zero-order valence-corrected chi connectivity index (χ0v) is 13.5. The number of hydrogen-bond acceptors (Lipinski definition) is 4. The van der Waals surface area contributed by atoms with Crippen LogP contribution in [0.4, 0.5) is 0 Å². The van der Waals surface area contributed by atoms with Gasteiger partial charge in [-0.05, 0) is 43.5 Å². The second kappa shape index (κ2) is 7.66. The Bertz CT molecular complexity index is 446.